The maximum atomic E-state index is 10.0. The van der Waals surface area contributed by atoms with E-state index in [0.717, 1.165) is 17.7 Å². The van der Waals surface area contributed by atoms with Crippen molar-refractivity contribution in [1.82, 2.24) is 0 Å². The molecular formula is C15H22O3. The lowest BCUT2D eigenvalue weighted by Crippen LogP contribution is -2.02. The Morgan fingerprint density at radius 2 is 1.89 bits per heavy atom. The average Bonchev–Trinajstić information content (AvgIpc) is 2.38. The monoisotopic (exact) mass is 250 g/mol. The second kappa shape index (κ2) is 7.77. The Bertz CT molecular complexity index is 374. The van der Waals surface area contributed by atoms with E-state index in [4.69, 9.17) is 9.47 Å². The molecule has 18 heavy (non-hydrogen) atoms. The van der Waals surface area contributed by atoms with Gasteiger partial charge in [-0.1, -0.05) is 12.1 Å². The Labute approximate surface area is 109 Å². The lowest BCUT2D eigenvalue weighted by Gasteiger charge is -2.15. The summed E-state index contributed by atoms with van der Waals surface area (Å²) in [5.74, 6) is 1.41. The van der Waals surface area contributed by atoms with Crippen LogP contribution < -0.4 is 9.47 Å². The molecule has 1 unspecified atom stereocenters. The van der Waals surface area contributed by atoms with Crippen LogP contribution in [0.5, 0.6) is 11.5 Å². The van der Waals surface area contributed by atoms with E-state index >= 15 is 0 Å². The van der Waals surface area contributed by atoms with E-state index < -0.39 is 6.10 Å². The van der Waals surface area contributed by atoms with Crippen molar-refractivity contribution in [3.63, 3.8) is 0 Å². The van der Waals surface area contributed by atoms with Gasteiger partial charge in [0.05, 0.1) is 19.3 Å². The molecule has 0 amide bonds. The van der Waals surface area contributed by atoms with Crippen molar-refractivity contribution in [2.75, 3.05) is 13.2 Å². The Balaban J connectivity index is 2.87. The number of hydrogen-bond acceptors (Lipinski definition) is 3. The van der Waals surface area contributed by atoms with Gasteiger partial charge < -0.3 is 14.6 Å². The number of aliphatic hydroxyl groups excluding tert-OH is 1. The van der Waals surface area contributed by atoms with Gasteiger partial charge in [0.15, 0.2) is 11.5 Å². The number of hydrogen-bond donors (Lipinski definition) is 1. The predicted molar refractivity (Wildman–Crippen MR) is 73.2 cm³/mol. The standard InChI is InChI=1S/C15H22O3/c1-4-7-8-13(16)12-9-10-14(17-5-2)15(11-12)18-6-3/h4,9-11,13,16H,1,5-8H2,2-3H3. The van der Waals surface area contributed by atoms with Crippen molar-refractivity contribution < 1.29 is 14.6 Å². The first-order chi connectivity index (χ1) is 8.72. The summed E-state index contributed by atoms with van der Waals surface area (Å²) >= 11 is 0. The third-order valence-electron chi connectivity index (χ3n) is 2.60. The van der Waals surface area contributed by atoms with E-state index in [1.54, 1.807) is 6.08 Å². The molecule has 1 atom stereocenters. The van der Waals surface area contributed by atoms with E-state index in [1.807, 2.05) is 32.0 Å². The number of rotatable bonds is 8. The Morgan fingerprint density at radius 3 is 2.50 bits per heavy atom. The summed E-state index contributed by atoms with van der Waals surface area (Å²) in [6, 6.07) is 5.57. The molecule has 0 aliphatic rings. The maximum Gasteiger partial charge on any atom is 0.161 e. The first kappa shape index (κ1) is 14.6. The van der Waals surface area contributed by atoms with Gasteiger partial charge in [-0.15, -0.1) is 6.58 Å². The Hall–Kier alpha value is -1.48. The summed E-state index contributed by atoms with van der Waals surface area (Å²) in [6.45, 7) is 8.69. The van der Waals surface area contributed by atoms with Gasteiger partial charge in [-0.25, -0.2) is 0 Å². The fourth-order valence-electron chi connectivity index (χ4n) is 1.72. The molecule has 0 saturated heterocycles. The van der Waals surface area contributed by atoms with E-state index in [9.17, 15) is 5.11 Å². The zero-order valence-corrected chi connectivity index (χ0v) is 11.2. The predicted octanol–water partition coefficient (Wildman–Crippen LogP) is 3.48. The minimum Gasteiger partial charge on any atom is -0.490 e. The highest BCUT2D eigenvalue weighted by atomic mass is 16.5. The van der Waals surface area contributed by atoms with Crippen molar-refractivity contribution in [2.45, 2.75) is 32.8 Å². The van der Waals surface area contributed by atoms with Crippen LogP contribution in [-0.2, 0) is 0 Å². The minimum atomic E-state index is -0.488. The highest BCUT2D eigenvalue weighted by molar-refractivity contribution is 5.43. The third-order valence-corrected chi connectivity index (χ3v) is 2.60. The van der Waals surface area contributed by atoms with E-state index in [-0.39, 0.29) is 0 Å². The number of allylic oxidation sites excluding steroid dienone is 1. The molecule has 100 valence electrons. The highest BCUT2D eigenvalue weighted by Crippen LogP contribution is 2.31. The summed E-state index contributed by atoms with van der Waals surface area (Å²) < 4.78 is 11.0. The summed E-state index contributed by atoms with van der Waals surface area (Å²) in [5.41, 5.74) is 0.851. The largest absolute Gasteiger partial charge is 0.490 e. The molecular weight excluding hydrogens is 228 g/mol. The van der Waals surface area contributed by atoms with Gasteiger partial charge in [-0.3, -0.25) is 0 Å². The Kier molecular flexibility index (Phi) is 6.29. The van der Waals surface area contributed by atoms with Crippen LogP contribution in [0.15, 0.2) is 30.9 Å². The normalized spacial score (nSPS) is 11.9. The van der Waals surface area contributed by atoms with Crippen LogP contribution in [0.1, 0.15) is 38.4 Å². The quantitative estimate of drug-likeness (QED) is 0.718. The van der Waals surface area contributed by atoms with Crippen molar-refractivity contribution >= 4 is 0 Å². The minimum absolute atomic E-state index is 0.488. The van der Waals surface area contributed by atoms with Crippen molar-refractivity contribution in [3.8, 4) is 11.5 Å². The zero-order chi connectivity index (χ0) is 13.4. The summed E-state index contributed by atoms with van der Waals surface area (Å²) in [6.07, 6.45) is 2.78. The van der Waals surface area contributed by atoms with Crippen LogP contribution >= 0.6 is 0 Å². The lowest BCUT2D eigenvalue weighted by atomic mass is 10.0. The Morgan fingerprint density at radius 1 is 1.22 bits per heavy atom. The number of ether oxygens (including phenoxy) is 2. The molecule has 0 aliphatic heterocycles. The van der Waals surface area contributed by atoms with Gasteiger partial charge in [-0.2, -0.15) is 0 Å². The molecule has 0 fully saturated rings. The van der Waals surface area contributed by atoms with Gasteiger partial charge in [0.1, 0.15) is 0 Å². The van der Waals surface area contributed by atoms with Gasteiger partial charge in [0.25, 0.3) is 0 Å². The molecule has 0 aliphatic carbocycles. The van der Waals surface area contributed by atoms with Crippen molar-refractivity contribution in [2.24, 2.45) is 0 Å². The van der Waals surface area contributed by atoms with Crippen LogP contribution in [0.25, 0.3) is 0 Å². The fraction of sp³-hybridized carbons (Fsp3) is 0.467. The summed E-state index contributed by atoms with van der Waals surface area (Å²) in [7, 11) is 0. The lowest BCUT2D eigenvalue weighted by molar-refractivity contribution is 0.168. The molecule has 1 rings (SSSR count). The molecule has 0 aromatic heterocycles. The van der Waals surface area contributed by atoms with Crippen molar-refractivity contribution in [1.29, 1.82) is 0 Å². The van der Waals surface area contributed by atoms with E-state index in [1.165, 1.54) is 0 Å². The first-order valence-corrected chi connectivity index (χ1v) is 6.41. The van der Waals surface area contributed by atoms with Gasteiger partial charge in [0.2, 0.25) is 0 Å². The smallest absolute Gasteiger partial charge is 0.161 e. The summed E-state index contributed by atoms with van der Waals surface area (Å²) in [5, 5.41) is 10.0. The van der Waals surface area contributed by atoms with Gasteiger partial charge in [0, 0.05) is 0 Å². The first-order valence-electron chi connectivity index (χ1n) is 6.41. The second-order valence-corrected chi connectivity index (χ2v) is 3.95. The number of benzene rings is 1. The van der Waals surface area contributed by atoms with Crippen LogP contribution in [0.2, 0.25) is 0 Å². The maximum absolute atomic E-state index is 10.0. The molecule has 1 N–H and O–H groups in total. The van der Waals surface area contributed by atoms with E-state index in [2.05, 4.69) is 6.58 Å². The van der Waals surface area contributed by atoms with Crippen LogP contribution in [0.4, 0.5) is 0 Å². The fourth-order valence-corrected chi connectivity index (χ4v) is 1.72. The van der Waals surface area contributed by atoms with Crippen LogP contribution in [0, 0.1) is 0 Å². The van der Waals surface area contributed by atoms with Gasteiger partial charge >= 0.3 is 0 Å². The molecule has 0 heterocycles. The second-order valence-electron chi connectivity index (χ2n) is 3.95. The molecule has 1 aromatic carbocycles. The molecule has 0 spiro atoms. The molecule has 3 heteroatoms. The number of aliphatic hydroxyl groups is 1. The van der Waals surface area contributed by atoms with Crippen molar-refractivity contribution in [3.05, 3.63) is 36.4 Å². The molecule has 1 aromatic rings. The van der Waals surface area contributed by atoms with Crippen LogP contribution in [-0.4, -0.2) is 18.3 Å². The average molecular weight is 250 g/mol. The summed E-state index contributed by atoms with van der Waals surface area (Å²) in [4.78, 5) is 0. The SMILES string of the molecule is C=CCCC(O)c1ccc(OCC)c(OCC)c1. The van der Waals surface area contributed by atoms with Gasteiger partial charge in [-0.05, 0) is 44.4 Å². The topological polar surface area (TPSA) is 38.7 Å². The van der Waals surface area contributed by atoms with E-state index in [0.29, 0.717) is 25.4 Å². The van der Waals surface area contributed by atoms with Crippen LogP contribution in [0.3, 0.4) is 0 Å². The molecule has 0 radical (unpaired) electrons. The molecule has 0 bridgehead atoms. The molecule has 0 saturated carbocycles. The third kappa shape index (κ3) is 4.08. The zero-order valence-electron chi connectivity index (χ0n) is 11.2. The highest BCUT2D eigenvalue weighted by Gasteiger charge is 2.11. The molecule has 3 nitrogen and oxygen atoms in total.